The first kappa shape index (κ1) is 19.7. The monoisotopic (exact) mass is 377 g/mol. The van der Waals surface area contributed by atoms with Gasteiger partial charge in [-0.05, 0) is 35.9 Å². The van der Waals surface area contributed by atoms with Crippen LogP contribution in [-0.4, -0.2) is 52.9 Å². The Balaban J connectivity index is 1.63. The van der Waals surface area contributed by atoms with Crippen LogP contribution in [0.3, 0.4) is 0 Å². The van der Waals surface area contributed by atoms with Gasteiger partial charge in [0.1, 0.15) is 6.61 Å². The van der Waals surface area contributed by atoms with E-state index in [-0.39, 0.29) is 17.7 Å². The maximum atomic E-state index is 12.6. The van der Waals surface area contributed by atoms with E-state index in [0.29, 0.717) is 24.5 Å². The van der Waals surface area contributed by atoms with Crippen molar-refractivity contribution in [2.45, 2.75) is 6.04 Å². The molecule has 2 heterocycles. The second-order valence-corrected chi connectivity index (χ2v) is 6.48. The van der Waals surface area contributed by atoms with Gasteiger partial charge in [-0.2, -0.15) is 0 Å². The number of ketones is 1. The molecule has 0 spiro atoms. The number of carbonyl (C=O) groups is 2. The number of nitrogens with one attached hydrogen (secondary N) is 1. The van der Waals surface area contributed by atoms with Crippen molar-refractivity contribution in [3.63, 3.8) is 0 Å². The Labute approximate surface area is 164 Å². The highest BCUT2D eigenvalue weighted by molar-refractivity contribution is 5.94. The normalized spacial score (nSPS) is 17.3. The Morgan fingerprint density at radius 2 is 1.79 bits per heavy atom. The highest BCUT2D eigenvalue weighted by atomic mass is 16.3. The summed E-state index contributed by atoms with van der Waals surface area (Å²) in [6.07, 6.45) is 6.03. The Hall–Kier alpha value is -3.09. The van der Waals surface area contributed by atoms with E-state index in [1.54, 1.807) is 30.4 Å². The number of hydrogen-bond donors (Lipinski definition) is 2. The molecule has 1 atom stereocenters. The minimum atomic E-state index is -0.529. The smallest absolute Gasteiger partial charge is 0.246 e. The molecule has 6 nitrogen and oxygen atoms in total. The number of rotatable bonds is 6. The van der Waals surface area contributed by atoms with Crippen LogP contribution in [0.4, 0.5) is 0 Å². The number of aliphatic hydroxyl groups is 1. The highest BCUT2D eigenvalue weighted by Gasteiger charge is 2.22. The zero-order valence-corrected chi connectivity index (χ0v) is 15.5. The molecule has 0 radical (unpaired) electrons. The van der Waals surface area contributed by atoms with Crippen LogP contribution in [0.2, 0.25) is 0 Å². The van der Waals surface area contributed by atoms with Crippen LogP contribution in [0.15, 0.2) is 60.7 Å². The summed E-state index contributed by atoms with van der Waals surface area (Å²) in [5.41, 5.74) is 2.38. The summed E-state index contributed by atoms with van der Waals surface area (Å²) in [5.74, 6) is -0.440. The van der Waals surface area contributed by atoms with Gasteiger partial charge in [0.2, 0.25) is 5.91 Å². The molecule has 3 rings (SSSR count). The molecular weight excluding hydrogens is 354 g/mol. The van der Waals surface area contributed by atoms with Crippen molar-refractivity contribution in [3.05, 3.63) is 77.6 Å². The molecule has 1 aromatic carbocycles. The number of aliphatic hydroxyl groups excluding tert-OH is 1. The average molecular weight is 377 g/mol. The fourth-order valence-corrected chi connectivity index (χ4v) is 3.01. The van der Waals surface area contributed by atoms with Crippen LogP contribution >= 0.6 is 0 Å². The molecule has 1 saturated heterocycles. The number of amides is 1. The molecule has 2 aromatic rings. The lowest BCUT2D eigenvalue weighted by Gasteiger charge is -2.33. The lowest BCUT2D eigenvalue weighted by atomic mass is 10.0. The van der Waals surface area contributed by atoms with Gasteiger partial charge in [-0.25, -0.2) is 4.98 Å². The number of pyridine rings is 1. The van der Waals surface area contributed by atoms with Crippen molar-refractivity contribution >= 4 is 23.8 Å². The fraction of sp³-hybridized carbons (Fsp3) is 0.227. The number of carbonyl (C=O) groups excluding carboxylic acids is 2. The highest BCUT2D eigenvalue weighted by Crippen LogP contribution is 2.17. The molecule has 1 aliphatic rings. The summed E-state index contributed by atoms with van der Waals surface area (Å²) in [5, 5.41) is 12.2. The van der Waals surface area contributed by atoms with Crippen LogP contribution < -0.4 is 5.32 Å². The second kappa shape index (κ2) is 9.73. The Bertz CT molecular complexity index is 878. The van der Waals surface area contributed by atoms with Gasteiger partial charge in [-0.1, -0.05) is 36.4 Å². The average Bonchev–Trinajstić information content (AvgIpc) is 2.76. The van der Waals surface area contributed by atoms with Gasteiger partial charge in [0, 0.05) is 31.8 Å². The molecule has 2 N–H and O–H groups in total. The van der Waals surface area contributed by atoms with E-state index in [9.17, 15) is 9.59 Å². The molecule has 144 valence electrons. The zero-order valence-electron chi connectivity index (χ0n) is 15.5. The third-order valence-electron chi connectivity index (χ3n) is 4.47. The van der Waals surface area contributed by atoms with Gasteiger partial charge >= 0.3 is 0 Å². The maximum Gasteiger partial charge on any atom is 0.246 e. The van der Waals surface area contributed by atoms with Crippen LogP contribution in [0, 0.1) is 0 Å². The van der Waals surface area contributed by atoms with E-state index in [1.165, 1.54) is 17.7 Å². The van der Waals surface area contributed by atoms with Crippen molar-refractivity contribution in [1.82, 2.24) is 15.2 Å². The van der Waals surface area contributed by atoms with Gasteiger partial charge in [-0.3, -0.25) is 9.59 Å². The maximum absolute atomic E-state index is 12.6. The molecule has 0 saturated carbocycles. The summed E-state index contributed by atoms with van der Waals surface area (Å²) < 4.78 is 0. The van der Waals surface area contributed by atoms with Crippen LogP contribution in [0.1, 0.15) is 23.0 Å². The van der Waals surface area contributed by atoms with E-state index in [4.69, 9.17) is 5.11 Å². The van der Waals surface area contributed by atoms with Gasteiger partial charge in [0.25, 0.3) is 0 Å². The molecule has 0 bridgehead atoms. The first-order chi connectivity index (χ1) is 13.7. The van der Waals surface area contributed by atoms with Gasteiger partial charge in [-0.15, -0.1) is 0 Å². The minimum absolute atomic E-state index is 0.0550. The standard InChI is InChI=1S/C22H23N3O3/c26-16-20(27)11-9-18-7-4-8-19(24-18)10-12-22(28)25-14-13-23-21(15-25)17-5-2-1-3-6-17/h1-12,21,23,26H,13-16H2/b11-9+,12-10+. The van der Waals surface area contributed by atoms with E-state index in [2.05, 4.69) is 22.4 Å². The number of nitrogens with zero attached hydrogens (tertiary/aromatic N) is 2. The predicted octanol–water partition coefficient (Wildman–Crippen LogP) is 1.84. The Morgan fingerprint density at radius 1 is 1.07 bits per heavy atom. The number of benzene rings is 1. The molecular formula is C22H23N3O3. The fourth-order valence-electron chi connectivity index (χ4n) is 3.01. The quantitative estimate of drug-likeness (QED) is 0.751. The van der Waals surface area contributed by atoms with Gasteiger partial charge in [0.05, 0.1) is 11.4 Å². The van der Waals surface area contributed by atoms with Crippen LogP contribution in [0.25, 0.3) is 12.2 Å². The summed E-state index contributed by atoms with van der Waals surface area (Å²) in [6, 6.07) is 15.6. The molecule has 6 heteroatoms. The van der Waals surface area contributed by atoms with Gasteiger partial charge in [0.15, 0.2) is 5.78 Å². The zero-order chi connectivity index (χ0) is 19.8. The Kier molecular flexibility index (Phi) is 6.84. The van der Waals surface area contributed by atoms with Crippen molar-refractivity contribution in [2.24, 2.45) is 0 Å². The van der Waals surface area contributed by atoms with Crippen molar-refractivity contribution < 1.29 is 14.7 Å². The summed E-state index contributed by atoms with van der Waals surface area (Å²) in [4.78, 5) is 29.9. The van der Waals surface area contributed by atoms with E-state index >= 15 is 0 Å². The first-order valence-electron chi connectivity index (χ1n) is 9.20. The number of aromatic nitrogens is 1. The summed E-state index contributed by atoms with van der Waals surface area (Å²) >= 11 is 0. The predicted molar refractivity (Wildman–Crippen MR) is 108 cm³/mol. The lowest BCUT2D eigenvalue weighted by molar-refractivity contribution is -0.127. The van der Waals surface area contributed by atoms with Crippen LogP contribution in [0.5, 0.6) is 0 Å². The molecule has 28 heavy (non-hydrogen) atoms. The molecule has 1 aromatic heterocycles. The number of piperazine rings is 1. The van der Waals surface area contributed by atoms with Crippen molar-refractivity contribution in [3.8, 4) is 0 Å². The summed E-state index contributed by atoms with van der Waals surface area (Å²) in [7, 11) is 0. The van der Waals surface area contributed by atoms with E-state index < -0.39 is 6.61 Å². The molecule has 1 fully saturated rings. The largest absolute Gasteiger partial charge is 0.388 e. The third-order valence-corrected chi connectivity index (χ3v) is 4.47. The van der Waals surface area contributed by atoms with Crippen LogP contribution in [-0.2, 0) is 9.59 Å². The first-order valence-corrected chi connectivity index (χ1v) is 9.20. The molecule has 1 unspecified atom stereocenters. The second-order valence-electron chi connectivity index (χ2n) is 6.48. The van der Waals surface area contributed by atoms with E-state index in [0.717, 1.165) is 6.54 Å². The lowest BCUT2D eigenvalue weighted by Crippen LogP contribution is -2.47. The van der Waals surface area contributed by atoms with Crippen molar-refractivity contribution in [2.75, 3.05) is 26.2 Å². The SMILES string of the molecule is O=C(/C=C/c1cccc(/C=C/C(=O)N2CCNC(c3ccccc3)C2)n1)CO. The molecule has 0 aliphatic carbocycles. The number of hydrogen-bond acceptors (Lipinski definition) is 5. The van der Waals surface area contributed by atoms with E-state index in [1.807, 2.05) is 23.1 Å². The molecule has 1 amide bonds. The minimum Gasteiger partial charge on any atom is -0.388 e. The molecule has 1 aliphatic heterocycles. The van der Waals surface area contributed by atoms with Crippen molar-refractivity contribution in [1.29, 1.82) is 0 Å². The topological polar surface area (TPSA) is 82.5 Å². The third kappa shape index (κ3) is 5.45. The summed E-state index contributed by atoms with van der Waals surface area (Å²) in [6.45, 7) is 1.49. The van der Waals surface area contributed by atoms with Gasteiger partial charge < -0.3 is 15.3 Å². The Morgan fingerprint density at radius 3 is 2.50 bits per heavy atom.